The molecule has 0 spiro atoms. The summed E-state index contributed by atoms with van der Waals surface area (Å²) in [6.45, 7) is 1.54. The fourth-order valence-electron chi connectivity index (χ4n) is 4.80. The van der Waals surface area contributed by atoms with Gasteiger partial charge in [0.2, 0.25) is 0 Å². The van der Waals surface area contributed by atoms with Crippen LogP contribution >= 0.6 is 0 Å². The molecule has 2 aliphatic rings. The molecule has 5 rings (SSSR count). The lowest BCUT2D eigenvalue weighted by Gasteiger charge is -2.42. The maximum atomic E-state index is 13.2. The maximum absolute atomic E-state index is 13.2. The van der Waals surface area contributed by atoms with Gasteiger partial charge in [0.15, 0.2) is 0 Å². The van der Waals surface area contributed by atoms with Crippen molar-refractivity contribution in [3.8, 4) is 5.75 Å². The molecule has 2 N–H and O–H groups in total. The summed E-state index contributed by atoms with van der Waals surface area (Å²) in [6.07, 6.45) is 5.42. The highest BCUT2D eigenvalue weighted by Gasteiger charge is 2.37. The van der Waals surface area contributed by atoms with Crippen molar-refractivity contribution in [1.82, 2.24) is 19.4 Å². The zero-order chi connectivity index (χ0) is 23.7. The molecular formula is C24H24N6O4. The van der Waals surface area contributed by atoms with Gasteiger partial charge in [-0.2, -0.15) is 0 Å². The van der Waals surface area contributed by atoms with Crippen LogP contribution in [0, 0.1) is 5.92 Å². The van der Waals surface area contributed by atoms with E-state index in [0.29, 0.717) is 36.8 Å². The van der Waals surface area contributed by atoms with E-state index >= 15 is 0 Å². The largest absolute Gasteiger partial charge is 0.495 e. The van der Waals surface area contributed by atoms with Crippen LogP contribution in [0.2, 0.25) is 0 Å². The first-order valence-electron chi connectivity index (χ1n) is 11.0. The molecule has 1 saturated heterocycles. The molecule has 1 fully saturated rings. The summed E-state index contributed by atoms with van der Waals surface area (Å²) in [5.74, 6) is 0.553. The number of anilines is 2. The Morgan fingerprint density at radius 2 is 1.85 bits per heavy atom. The number of para-hydroxylation sites is 2. The highest BCUT2D eigenvalue weighted by Crippen LogP contribution is 2.36. The minimum Gasteiger partial charge on any atom is -0.495 e. The third-order valence-corrected chi connectivity index (χ3v) is 6.28. The lowest BCUT2D eigenvalue weighted by molar-refractivity contribution is 0.0588. The first-order valence-corrected chi connectivity index (χ1v) is 11.0. The second-order valence-electron chi connectivity index (χ2n) is 8.47. The van der Waals surface area contributed by atoms with Crippen molar-refractivity contribution in [2.45, 2.75) is 18.9 Å². The Morgan fingerprint density at radius 3 is 2.65 bits per heavy atom. The topological polar surface area (TPSA) is 118 Å². The van der Waals surface area contributed by atoms with Gasteiger partial charge in [-0.3, -0.25) is 14.6 Å². The van der Waals surface area contributed by atoms with Gasteiger partial charge >= 0.3 is 6.03 Å². The number of likely N-dealkylation sites (tertiary alicyclic amines) is 1. The van der Waals surface area contributed by atoms with Crippen LogP contribution in [0.25, 0.3) is 0 Å². The number of rotatable bonds is 4. The highest BCUT2D eigenvalue weighted by atomic mass is 16.5. The summed E-state index contributed by atoms with van der Waals surface area (Å²) < 4.78 is 6.97. The number of hydrogen-bond acceptors (Lipinski definition) is 6. The molecule has 0 aliphatic carbocycles. The minimum atomic E-state index is -0.529. The fraction of sp³-hybridized carbons (Fsp3) is 0.292. The number of carbonyl (C=O) groups is 2. The number of urea groups is 1. The molecule has 2 aromatic heterocycles. The second kappa shape index (κ2) is 8.97. The number of hydrogen-bond donors (Lipinski definition) is 2. The quantitative estimate of drug-likeness (QED) is 0.618. The van der Waals surface area contributed by atoms with E-state index in [4.69, 9.17) is 4.74 Å². The molecule has 10 heteroatoms. The third kappa shape index (κ3) is 4.09. The summed E-state index contributed by atoms with van der Waals surface area (Å²) in [5.41, 5.74) is 1.64. The molecule has 3 amide bonds. The van der Waals surface area contributed by atoms with Crippen molar-refractivity contribution in [3.05, 3.63) is 76.7 Å². The van der Waals surface area contributed by atoms with Crippen LogP contribution in [-0.4, -0.2) is 51.6 Å². The number of pyridine rings is 1. The van der Waals surface area contributed by atoms with E-state index in [1.54, 1.807) is 39.8 Å². The lowest BCUT2D eigenvalue weighted by atomic mass is 9.83. The smallest absolute Gasteiger partial charge is 0.323 e. The van der Waals surface area contributed by atoms with Crippen molar-refractivity contribution >= 4 is 23.3 Å². The minimum absolute atomic E-state index is 0.0391. The Bertz CT molecular complexity index is 1290. The molecule has 0 radical (unpaired) electrons. The van der Waals surface area contributed by atoms with Gasteiger partial charge in [0.25, 0.3) is 11.5 Å². The number of aromatic nitrogens is 3. The number of nitrogens with one attached hydrogen (secondary N) is 2. The Hall–Kier alpha value is -4.21. The van der Waals surface area contributed by atoms with Crippen LogP contribution in [0.4, 0.5) is 16.2 Å². The van der Waals surface area contributed by atoms with Crippen molar-refractivity contribution in [3.63, 3.8) is 0 Å². The molecular weight excluding hydrogens is 436 g/mol. The van der Waals surface area contributed by atoms with Crippen LogP contribution in [0.3, 0.4) is 0 Å². The van der Waals surface area contributed by atoms with E-state index in [1.165, 1.54) is 25.7 Å². The number of nitrogens with zero attached hydrogens (tertiary/aromatic N) is 4. The van der Waals surface area contributed by atoms with Crippen LogP contribution in [0.5, 0.6) is 5.75 Å². The van der Waals surface area contributed by atoms with E-state index in [-0.39, 0.29) is 29.0 Å². The molecule has 2 atom stereocenters. The Morgan fingerprint density at radius 1 is 1.03 bits per heavy atom. The number of benzene rings is 1. The zero-order valence-corrected chi connectivity index (χ0v) is 18.6. The molecule has 1 aromatic carbocycles. The van der Waals surface area contributed by atoms with Crippen LogP contribution in [-0.2, 0) is 6.54 Å². The average molecular weight is 460 g/mol. The molecule has 0 saturated carbocycles. The number of fused-ring (bicyclic) bond motifs is 4. The first-order chi connectivity index (χ1) is 16.5. The Balaban J connectivity index is 1.33. The molecule has 2 bridgehead atoms. The highest BCUT2D eigenvalue weighted by molar-refractivity contribution is 6.00. The van der Waals surface area contributed by atoms with Crippen molar-refractivity contribution in [2.75, 3.05) is 30.8 Å². The van der Waals surface area contributed by atoms with Gasteiger partial charge in [-0.25, -0.2) is 9.78 Å². The van der Waals surface area contributed by atoms with Gasteiger partial charge in [-0.15, -0.1) is 0 Å². The molecule has 34 heavy (non-hydrogen) atoms. The van der Waals surface area contributed by atoms with Gasteiger partial charge in [0, 0.05) is 43.6 Å². The second-order valence-corrected chi connectivity index (χ2v) is 8.47. The van der Waals surface area contributed by atoms with E-state index in [0.717, 1.165) is 12.1 Å². The van der Waals surface area contributed by atoms with Crippen molar-refractivity contribution in [1.29, 1.82) is 0 Å². The number of amides is 3. The summed E-state index contributed by atoms with van der Waals surface area (Å²) in [4.78, 5) is 48.5. The van der Waals surface area contributed by atoms with E-state index in [9.17, 15) is 14.4 Å². The third-order valence-electron chi connectivity index (χ3n) is 6.28. The monoisotopic (exact) mass is 460 g/mol. The number of methoxy groups -OCH3 is 1. The van der Waals surface area contributed by atoms with Crippen LogP contribution in [0.1, 0.15) is 28.5 Å². The van der Waals surface area contributed by atoms with Crippen molar-refractivity contribution in [2.24, 2.45) is 5.92 Å². The van der Waals surface area contributed by atoms with Gasteiger partial charge < -0.3 is 24.8 Å². The van der Waals surface area contributed by atoms with Gasteiger partial charge in [0.05, 0.1) is 19.0 Å². The predicted octanol–water partition coefficient (Wildman–Crippen LogP) is 2.55. The average Bonchev–Trinajstić information content (AvgIpc) is 2.86. The summed E-state index contributed by atoms with van der Waals surface area (Å²) in [5, 5.41) is 5.37. The van der Waals surface area contributed by atoms with Crippen LogP contribution in [0.15, 0.2) is 59.8 Å². The molecule has 2 unspecified atom stereocenters. The van der Waals surface area contributed by atoms with Gasteiger partial charge in [-0.1, -0.05) is 12.1 Å². The van der Waals surface area contributed by atoms with Crippen LogP contribution < -0.4 is 20.9 Å². The normalized spacial score (nSPS) is 18.6. The number of carbonyl (C=O) groups excluding carboxylic acids is 2. The van der Waals surface area contributed by atoms with Crippen molar-refractivity contribution < 1.29 is 14.3 Å². The van der Waals surface area contributed by atoms with E-state index in [2.05, 4.69) is 20.6 Å². The van der Waals surface area contributed by atoms with E-state index < -0.39 is 6.03 Å². The number of ether oxygens (including phenoxy) is 1. The Kier molecular flexibility index (Phi) is 5.70. The summed E-state index contributed by atoms with van der Waals surface area (Å²) in [6, 6.07) is 9.99. The molecule has 3 aromatic rings. The number of piperidine rings is 1. The lowest BCUT2D eigenvalue weighted by Crippen LogP contribution is -2.49. The summed E-state index contributed by atoms with van der Waals surface area (Å²) >= 11 is 0. The maximum Gasteiger partial charge on any atom is 0.323 e. The SMILES string of the molecule is COc1ccccc1NC(=O)Nc1ccc2n(c1=O)CC1CC2CN(C(=O)c2cnccn2)C1. The standard InChI is InChI=1S/C24H24N6O4/c1-34-21-5-3-2-4-17(21)27-24(33)28-18-6-7-20-16-10-15(13-30(20)23(18)32)12-29(14-16)22(31)19-11-25-8-9-26-19/h2-9,11,15-16H,10,12-14H2,1H3,(H2,27,28,33). The molecule has 4 heterocycles. The van der Waals surface area contributed by atoms with E-state index in [1.807, 2.05) is 6.07 Å². The fourth-order valence-corrected chi connectivity index (χ4v) is 4.80. The molecule has 2 aliphatic heterocycles. The first kappa shape index (κ1) is 21.6. The Labute approximate surface area is 195 Å². The zero-order valence-electron chi connectivity index (χ0n) is 18.6. The molecule has 174 valence electrons. The summed E-state index contributed by atoms with van der Waals surface area (Å²) in [7, 11) is 1.52. The van der Waals surface area contributed by atoms with Gasteiger partial charge in [-0.05, 0) is 36.6 Å². The van der Waals surface area contributed by atoms with Gasteiger partial charge in [0.1, 0.15) is 17.1 Å². The molecule has 10 nitrogen and oxygen atoms in total. The predicted molar refractivity (Wildman–Crippen MR) is 125 cm³/mol.